The summed E-state index contributed by atoms with van der Waals surface area (Å²) in [7, 11) is 0. The van der Waals surface area contributed by atoms with Crippen LogP contribution in [0.1, 0.15) is 104 Å². The molecule has 4 heteroatoms. The molecule has 0 N–H and O–H groups in total. The van der Waals surface area contributed by atoms with Gasteiger partial charge in [0.1, 0.15) is 0 Å². The second-order valence-corrected chi connectivity index (χ2v) is 6.89. The fraction of sp³-hybridized carbons (Fsp3) is 0.905. The Bertz CT molecular complexity index is 328. The molecule has 1 unspecified atom stereocenters. The average molecular weight is 357 g/mol. The van der Waals surface area contributed by atoms with Gasteiger partial charge < -0.3 is 9.47 Å². The van der Waals surface area contributed by atoms with E-state index in [9.17, 15) is 9.59 Å². The van der Waals surface area contributed by atoms with Crippen LogP contribution in [0, 0.1) is 5.92 Å². The van der Waals surface area contributed by atoms with Crippen LogP contribution in [0.3, 0.4) is 0 Å². The molecular formula is C21H40O4. The van der Waals surface area contributed by atoms with Crippen molar-refractivity contribution in [2.24, 2.45) is 5.92 Å². The highest BCUT2D eigenvalue weighted by Gasteiger charge is 2.12. The zero-order valence-electron chi connectivity index (χ0n) is 16.8. The van der Waals surface area contributed by atoms with Gasteiger partial charge >= 0.3 is 11.9 Å². The fourth-order valence-corrected chi connectivity index (χ4v) is 2.95. The highest BCUT2D eigenvalue weighted by Crippen LogP contribution is 2.15. The normalized spacial score (nSPS) is 12.0. The summed E-state index contributed by atoms with van der Waals surface area (Å²) in [4.78, 5) is 22.7. The van der Waals surface area contributed by atoms with E-state index in [0.29, 0.717) is 19.6 Å². The predicted octanol–water partition coefficient (Wildman–Crippen LogP) is 5.82. The first-order valence-corrected chi connectivity index (χ1v) is 10.4. The van der Waals surface area contributed by atoms with Gasteiger partial charge in [0, 0.05) is 6.42 Å². The van der Waals surface area contributed by atoms with Crippen LogP contribution in [0.25, 0.3) is 0 Å². The Hall–Kier alpha value is -1.06. The largest absolute Gasteiger partial charge is 0.466 e. The molecule has 0 spiro atoms. The molecule has 0 aliphatic carbocycles. The number of hydrogen-bond donors (Lipinski definition) is 0. The van der Waals surface area contributed by atoms with E-state index in [2.05, 4.69) is 0 Å². The lowest BCUT2D eigenvalue weighted by Gasteiger charge is -2.09. The summed E-state index contributed by atoms with van der Waals surface area (Å²) >= 11 is 0. The van der Waals surface area contributed by atoms with E-state index in [1.165, 1.54) is 51.4 Å². The monoisotopic (exact) mass is 356 g/mol. The van der Waals surface area contributed by atoms with Crippen molar-refractivity contribution in [3.8, 4) is 0 Å². The van der Waals surface area contributed by atoms with E-state index in [1.807, 2.05) is 20.8 Å². The van der Waals surface area contributed by atoms with Crippen LogP contribution in [0.4, 0.5) is 0 Å². The fourth-order valence-electron chi connectivity index (χ4n) is 2.95. The Labute approximate surface area is 155 Å². The first kappa shape index (κ1) is 23.9. The number of hydrogen-bond acceptors (Lipinski definition) is 4. The third kappa shape index (κ3) is 16.2. The molecule has 148 valence electrons. The van der Waals surface area contributed by atoms with Crippen molar-refractivity contribution in [1.82, 2.24) is 0 Å². The smallest absolute Gasteiger partial charge is 0.308 e. The van der Waals surface area contributed by atoms with Crippen molar-refractivity contribution in [2.45, 2.75) is 104 Å². The van der Waals surface area contributed by atoms with Crippen LogP contribution in [-0.4, -0.2) is 25.2 Å². The first-order valence-electron chi connectivity index (χ1n) is 10.4. The van der Waals surface area contributed by atoms with Gasteiger partial charge in [-0.2, -0.15) is 0 Å². The van der Waals surface area contributed by atoms with E-state index < -0.39 is 0 Å². The van der Waals surface area contributed by atoms with Gasteiger partial charge in [0.15, 0.2) is 0 Å². The Morgan fingerprint density at radius 2 is 1.12 bits per heavy atom. The molecule has 0 saturated heterocycles. The van der Waals surface area contributed by atoms with Crippen LogP contribution >= 0.6 is 0 Å². The van der Waals surface area contributed by atoms with Crippen LogP contribution in [-0.2, 0) is 19.1 Å². The molecule has 0 aliphatic heterocycles. The molecule has 0 radical (unpaired) electrons. The lowest BCUT2D eigenvalue weighted by Crippen LogP contribution is -2.14. The van der Waals surface area contributed by atoms with Gasteiger partial charge in [0.05, 0.1) is 19.1 Å². The van der Waals surface area contributed by atoms with Crippen LogP contribution in [0.2, 0.25) is 0 Å². The minimum atomic E-state index is -0.0563. The topological polar surface area (TPSA) is 52.6 Å². The number of rotatable bonds is 17. The maximum absolute atomic E-state index is 11.5. The second-order valence-electron chi connectivity index (χ2n) is 6.89. The first-order chi connectivity index (χ1) is 12.1. The van der Waals surface area contributed by atoms with Crippen LogP contribution in [0.15, 0.2) is 0 Å². The molecule has 1 atom stereocenters. The standard InChI is InChI=1S/C21H40O4/c1-4-24-20(22)18-16-14-12-10-8-6-7-9-11-13-15-17-19(3)21(23)25-5-2/h19H,4-18H2,1-3H3. The number of ether oxygens (including phenoxy) is 2. The molecule has 0 saturated carbocycles. The average Bonchev–Trinajstić information content (AvgIpc) is 2.59. The van der Waals surface area contributed by atoms with E-state index in [1.54, 1.807) is 0 Å². The van der Waals surface area contributed by atoms with Crippen LogP contribution in [0.5, 0.6) is 0 Å². The number of carbonyl (C=O) groups excluding carboxylic acids is 2. The van der Waals surface area contributed by atoms with E-state index >= 15 is 0 Å². The highest BCUT2D eigenvalue weighted by atomic mass is 16.5. The number of carbonyl (C=O) groups is 2. The van der Waals surface area contributed by atoms with Crippen molar-refractivity contribution in [3.63, 3.8) is 0 Å². The molecule has 0 amide bonds. The molecular weight excluding hydrogens is 316 g/mol. The summed E-state index contributed by atoms with van der Waals surface area (Å²) in [5.41, 5.74) is 0. The molecule has 0 aliphatic rings. The molecule has 0 bridgehead atoms. The Balaban J connectivity index is 3.21. The number of unbranched alkanes of at least 4 members (excludes halogenated alkanes) is 10. The van der Waals surface area contributed by atoms with Gasteiger partial charge in [0.2, 0.25) is 0 Å². The van der Waals surface area contributed by atoms with E-state index in [4.69, 9.17) is 9.47 Å². The van der Waals surface area contributed by atoms with Crippen LogP contribution < -0.4 is 0 Å². The summed E-state index contributed by atoms with van der Waals surface area (Å²) < 4.78 is 9.94. The molecule has 0 heterocycles. The molecule has 4 nitrogen and oxygen atoms in total. The SMILES string of the molecule is CCOC(=O)CCCCCCCCCCCCCC(C)C(=O)OCC. The van der Waals surface area contributed by atoms with Crippen molar-refractivity contribution in [3.05, 3.63) is 0 Å². The Kier molecular flexibility index (Phi) is 17.0. The van der Waals surface area contributed by atoms with Gasteiger partial charge in [-0.1, -0.05) is 71.1 Å². The molecule has 0 aromatic heterocycles. The lowest BCUT2D eigenvalue weighted by atomic mass is 10.0. The van der Waals surface area contributed by atoms with Crippen molar-refractivity contribution >= 4 is 11.9 Å². The van der Waals surface area contributed by atoms with Gasteiger partial charge in [0.25, 0.3) is 0 Å². The molecule has 0 aromatic carbocycles. The zero-order valence-corrected chi connectivity index (χ0v) is 16.8. The third-order valence-electron chi connectivity index (χ3n) is 4.51. The van der Waals surface area contributed by atoms with Gasteiger partial charge in [-0.15, -0.1) is 0 Å². The molecule has 0 fully saturated rings. The Morgan fingerprint density at radius 1 is 0.680 bits per heavy atom. The van der Waals surface area contributed by atoms with Crippen molar-refractivity contribution in [2.75, 3.05) is 13.2 Å². The summed E-state index contributed by atoms with van der Waals surface area (Å²) in [5.74, 6) is -0.0623. The maximum Gasteiger partial charge on any atom is 0.308 e. The van der Waals surface area contributed by atoms with Gasteiger partial charge in [-0.25, -0.2) is 0 Å². The minimum Gasteiger partial charge on any atom is -0.466 e. The Morgan fingerprint density at radius 3 is 1.60 bits per heavy atom. The second kappa shape index (κ2) is 17.8. The summed E-state index contributed by atoms with van der Waals surface area (Å²) in [5, 5.41) is 0. The summed E-state index contributed by atoms with van der Waals surface area (Å²) in [6.07, 6.45) is 15.0. The molecule has 25 heavy (non-hydrogen) atoms. The van der Waals surface area contributed by atoms with Gasteiger partial charge in [-0.3, -0.25) is 9.59 Å². The quantitative estimate of drug-likeness (QED) is 0.243. The predicted molar refractivity (Wildman–Crippen MR) is 102 cm³/mol. The summed E-state index contributed by atoms with van der Waals surface area (Å²) in [6, 6.07) is 0. The number of esters is 2. The van der Waals surface area contributed by atoms with Gasteiger partial charge in [-0.05, 0) is 26.7 Å². The summed E-state index contributed by atoms with van der Waals surface area (Å²) in [6.45, 7) is 6.64. The minimum absolute atomic E-state index is 0.0452. The maximum atomic E-state index is 11.5. The highest BCUT2D eigenvalue weighted by molar-refractivity contribution is 5.71. The van der Waals surface area contributed by atoms with E-state index in [-0.39, 0.29) is 17.9 Å². The van der Waals surface area contributed by atoms with E-state index in [0.717, 1.165) is 25.7 Å². The molecule has 0 rings (SSSR count). The third-order valence-corrected chi connectivity index (χ3v) is 4.51. The molecule has 0 aromatic rings. The van der Waals surface area contributed by atoms with Crippen molar-refractivity contribution < 1.29 is 19.1 Å². The zero-order chi connectivity index (χ0) is 18.8. The van der Waals surface area contributed by atoms with Crippen molar-refractivity contribution in [1.29, 1.82) is 0 Å². The lowest BCUT2D eigenvalue weighted by molar-refractivity contribution is -0.147.